The third kappa shape index (κ3) is 10.2. The number of nitrogens with one attached hydrogen (secondary N) is 1. The number of ether oxygens (including phenoxy) is 1. The van der Waals surface area contributed by atoms with E-state index in [1.165, 1.54) is 23.5 Å². The fourth-order valence-electron chi connectivity index (χ4n) is 9.72. The number of alkyl halides is 5. The Morgan fingerprint density at radius 2 is 1.63 bits per heavy atom. The van der Waals surface area contributed by atoms with Gasteiger partial charge in [-0.25, -0.2) is 23.1 Å². The van der Waals surface area contributed by atoms with Crippen LogP contribution in [0.5, 0.6) is 0 Å². The molecule has 3 N–H and O–H groups in total. The molecule has 1 saturated carbocycles. The second-order valence-electron chi connectivity index (χ2n) is 19.8. The average molecular weight is 1050 g/mol. The van der Waals surface area contributed by atoms with Crippen molar-refractivity contribution in [3.8, 4) is 22.5 Å². The molecule has 3 aliphatic rings. The first kappa shape index (κ1) is 49.8. The number of nitrogens with zero attached hydrogens (tertiary/aromatic N) is 8. The number of fused-ring (bicyclic) bond motifs is 4. The number of thiazole rings is 1. The number of carbonyl (C=O) groups is 2. The summed E-state index contributed by atoms with van der Waals surface area (Å²) in [7, 11) is -1.23. The first-order valence-electron chi connectivity index (χ1n) is 23.5. The summed E-state index contributed by atoms with van der Waals surface area (Å²) < 4.78 is 127. The third-order valence-electron chi connectivity index (χ3n) is 13.4. The average Bonchev–Trinajstić information content (AvgIpc) is 3.55. The molecule has 3 aromatic carbocycles. The van der Waals surface area contributed by atoms with Crippen molar-refractivity contribution >= 4 is 52.4 Å². The molecule has 1 aliphatic heterocycles. The van der Waals surface area contributed by atoms with Gasteiger partial charge in [0, 0.05) is 87.6 Å². The lowest BCUT2D eigenvalue weighted by Crippen LogP contribution is -2.46. The first-order chi connectivity index (χ1) is 34.6. The summed E-state index contributed by atoms with van der Waals surface area (Å²) in [5.74, 6) is -10.3. The summed E-state index contributed by atoms with van der Waals surface area (Å²) in [6, 6.07) is 15.6. The maximum Gasteiger partial charge on any atom is 0.435 e. The number of aromatic nitrogens is 6. The Hall–Kier alpha value is -6.72. The molecule has 73 heavy (non-hydrogen) atoms. The molecule has 1 saturated heterocycles. The van der Waals surface area contributed by atoms with E-state index in [9.17, 15) is 35.9 Å². The van der Waals surface area contributed by atoms with Crippen LogP contribution in [0, 0.1) is 23.4 Å². The largest absolute Gasteiger partial charge is 0.435 e. The van der Waals surface area contributed by atoms with E-state index in [1.807, 2.05) is 35.0 Å². The van der Waals surface area contributed by atoms with Gasteiger partial charge < -0.3 is 30.2 Å². The van der Waals surface area contributed by atoms with Gasteiger partial charge in [-0.3, -0.25) is 14.3 Å². The fraction of sp³-hybridized carbons (Fsp3) is 0.360. The predicted molar refractivity (Wildman–Crippen MR) is 260 cm³/mol. The summed E-state index contributed by atoms with van der Waals surface area (Å²) >= 11 is 1.29. The van der Waals surface area contributed by atoms with Crippen LogP contribution in [-0.4, -0.2) is 82.0 Å². The molecule has 13 nitrogen and oxygen atoms in total. The van der Waals surface area contributed by atoms with Crippen molar-refractivity contribution in [2.45, 2.75) is 75.9 Å². The maximum atomic E-state index is 15.5. The van der Waals surface area contributed by atoms with Gasteiger partial charge in [0.25, 0.3) is 11.8 Å². The van der Waals surface area contributed by atoms with Gasteiger partial charge in [0.1, 0.15) is 42.2 Å². The molecule has 23 heteroatoms. The molecule has 382 valence electrons. The highest BCUT2D eigenvalue weighted by molar-refractivity contribution is 7.22. The van der Waals surface area contributed by atoms with Crippen LogP contribution in [0.4, 0.5) is 45.9 Å². The van der Waals surface area contributed by atoms with Crippen LogP contribution >= 0.6 is 11.3 Å². The number of nitrogens with two attached hydrogens (primary N) is 1. The molecule has 0 radical (unpaired) electrons. The number of primary amides is 1. The molecule has 2 aliphatic carbocycles. The van der Waals surface area contributed by atoms with Crippen molar-refractivity contribution < 1.29 is 49.4 Å². The lowest BCUT2D eigenvalue weighted by Gasteiger charge is -2.36. The number of benzene rings is 3. The van der Waals surface area contributed by atoms with Crippen LogP contribution in [0.25, 0.3) is 32.9 Å². The molecule has 2 fully saturated rings. The SMILES string of the molecule is C[Si](C)(C)CCOCn1ccnc1-c1ccc(N2CCN(c3nc4nc([C@H](Cc5cc(F)cc(F)c5)NC(=O)Cn5nc(C(F)(F)F)c6c5C(F)(F)[C@@H]5C[C@H]65)c(-c5ccc(F)c(C(N)=O)c5)cc4s3)CC2)cc1. The summed E-state index contributed by atoms with van der Waals surface area (Å²) in [5.41, 5.74) is 4.44. The van der Waals surface area contributed by atoms with Crippen LogP contribution in [0.3, 0.4) is 0 Å². The molecule has 7 aromatic rings. The fourth-order valence-corrected chi connectivity index (χ4v) is 11.5. The quantitative estimate of drug-likeness (QED) is 0.0548. The van der Waals surface area contributed by atoms with Gasteiger partial charge in [0.2, 0.25) is 5.91 Å². The Balaban J connectivity index is 0.940. The van der Waals surface area contributed by atoms with Crippen LogP contribution in [0.2, 0.25) is 25.7 Å². The number of hydrogen-bond acceptors (Lipinski definition) is 10. The van der Waals surface area contributed by atoms with E-state index in [0.29, 0.717) is 60.1 Å². The molecular formula is C50H48F8N10O3SSi. The van der Waals surface area contributed by atoms with Gasteiger partial charge in [-0.15, -0.1) is 0 Å². The lowest BCUT2D eigenvalue weighted by atomic mass is 9.94. The maximum absolute atomic E-state index is 15.5. The standard InChI is InChI=1S/C50H48F8N10O3SSi/c1-73(2,3)17-16-71-26-67-11-10-60-47(67)28-4-7-32(8-5-28)65-12-14-66(15-13-65)48-63-46-39(72-48)24-33(29-6-9-37(53)35(21-29)45(59)70)42(62-46)38(20-27-18-30(51)22-31(52)19-27)61-40(69)25-68-44-41(43(64-68)50(56,57)58)34-23-36(34)49(44,54)55/h4-11,18-19,21-22,24,34,36,38H,12-17,20,23,25-26H2,1-3H3,(H2,59,70)(H,61,69)/t34-,36+,38-/m0/s1. The number of pyridine rings is 1. The first-order valence-corrected chi connectivity index (χ1v) is 28.0. The number of amides is 2. The van der Waals surface area contributed by atoms with Crippen molar-refractivity contribution in [1.82, 2.24) is 34.6 Å². The van der Waals surface area contributed by atoms with Crippen LogP contribution in [0.1, 0.15) is 56.9 Å². The molecule has 0 bridgehead atoms. The van der Waals surface area contributed by atoms with Crippen LogP contribution < -0.4 is 20.9 Å². The second kappa shape index (κ2) is 19.0. The number of imidazole rings is 1. The van der Waals surface area contributed by atoms with E-state index in [1.54, 1.807) is 12.3 Å². The van der Waals surface area contributed by atoms with Gasteiger partial charge in [-0.05, 0) is 90.5 Å². The van der Waals surface area contributed by atoms with Gasteiger partial charge in [-0.1, -0.05) is 37.0 Å². The van der Waals surface area contributed by atoms with E-state index < -0.39 is 103 Å². The van der Waals surface area contributed by atoms with E-state index in [2.05, 4.69) is 44.8 Å². The predicted octanol–water partition coefficient (Wildman–Crippen LogP) is 9.90. The minimum absolute atomic E-state index is 0.00841. The highest BCUT2D eigenvalue weighted by atomic mass is 32.1. The highest BCUT2D eigenvalue weighted by Crippen LogP contribution is 2.68. The molecule has 5 heterocycles. The topological polar surface area (TPSA) is 149 Å². The Morgan fingerprint density at radius 1 is 0.932 bits per heavy atom. The number of hydrogen-bond donors (Lipinski definition) is 2. The molecule has 4 aromatic heterocycles. The van der Waals surface area contributed by atoms with E-state index in [0.717, 1.165) is 41.3 Å². The van der Waals surface area contributed by atoms with Gasteiger partial charge in [0.15, 0.2) is 16.5 Å². The Morgan fingerprint density at radius 3 is 2.32 bits per heavy atom. The van der Waals surface area contributed by atoms with E-state index >= 15 is 8.78 Å². The number of piperazine rings is 1. The molecule has 3 atom stereocenters. The zero-order valence-electron chi connectivity index (χ0n) is 39.6. The van der Waals surface area contributed by atoms with Crippen molar-refractivity contribution in [1.29, 1.82) is 0 Å². The Bertz CT molecular complexity index is 3240. The van der Waals surface area contributed by atoms with Crippen molar-refractivity contribution in [2.75, 3.05) is 42.6 Å². The Kier molecular flexibility index (Phi) is 12.9. The molecule has 2 amide bonds. The number of anilines is 2. The third-order valence-corrected chi connectivity index (χ3v) is 16.2. The summed E-state index contributed by atoms with van der Waals surface area (Å²) in [5, 5.41) is 6.71. The van der Waals surface area contributed by atoms with Gasteiger partial charge >= 0.3 is 6.18 Å². The summed E-state index contributed by atoms with van der Waals surface area (Å²) in [6.07, 6.45) is -1.98. The van der Waals surface area contributed by atoms with E-state index in [4.69, 9.17) is 20.4 Å². The van der Waals surface area contributed by atoms with Gasteiger partial charge in [0.05, 0.1) is 22.0 Å². The number of rotatable bonds is 16. The van der Waals surface area contributed by atoms with Gasteiger partial charge in [-0.2, -0.15) is 32.0 Å². The number of carbonyl (C=O) groups excluding carboxylic acids is 2. The number of halogens is 8. The molecular weight excluding hydrogens is 1000 g/mol. The zero-order valence-corrected chi connectivity index (χ0v) is 41.4. The zero-order chi connectivity index (χ0) is 51.7. The van der Waals surface area contributed by atoms with Crippen LogP contribution in [-0.2, 0) is 41.3 Å². The van der Waals surface area contributed by atoms with E-state index in [-0.39, 0.29) is 34.5 Å². The van der Waals surface area contributed by atoms with Crippen LogP contribution in [0.15, 0.2) is 79.1 Å². The minimum Gasteiger partial charge on any atom is -0.368 e. The normalized spacial score (nSPS) is 17.7. The lowest BCUT2D eigenvalue weighted by molar-refractivity contribution is -0.142. The second-order valence-corrected chi connectivity index (χ2v) is 26.5. The van der Waals surface area contributed by atoms with Crippen molar-refractivity contribution in [2.24, 2.45) is 11.7 Å². The highest BCUT2D eigenvalue weighted by Gasteiger charge is 2.68. The minimum atomic E-state index is -5.09. The van der Waals surface area contributed by atoms with Crippen molar-refractivity contribution in [3.63, 3.8) is 0 Å². The molecule has 0 unspecified atom stereocenters. The summed E-state index contributed by atoms with van der Waals surface area (Å²) in [6.45, 7) is 9.29. The monoisotopic (exact) mass is 1050 g/mol. The molecule has 0 spiro atoms. The summed E-state index contributed by atoms with van der Waals surface area (Å²) in [4.78, 5) is 45.1. The smallest absolute Gasteiger partial charge is 0.368 e. The Labute approximate surface area is 418 Å². The van der Waals surface area contributed by atoms with Crippen molar-refractivity contribution in [3.05, 3.63) is 130 Å². The molecule has 10 rings (SSSR count).